The number of para-hydroxylation sites is 1. The lowest BCUT2D eigenvalue weighted by atomic mass is 10.1. The number of halogens is 1. The third-order valence-corrected chi connectivity index (χ3v) is 2.62. The highest BCUT2D eigenvalue weighted by Crippen LogP contribution is 2.28. The summed E-state index contributed by atoms with van der Waals surface area (Å²) in [6, 6.07) is 5.71. The first-order chi connectivity index (χ1) is 8.44. The van der Waals surface area contributed by atoms with Crippen molar-refractivity contribution in [3.63, 3.8) is 0 Å². The van der Waals surface area contributed by atoms with E-state index in [1.165, 1.54) is 0 Å². The second-order valence-electron chi connectivity index (χ2n) is 5.08. The maximum Gasteiger partial charge on any atom is 0.141 e. The quantitative estimate of drug-likeness (QED) is 0.809. The van der Waals surface area contributed by atoms with Gasteiger partial charge in [-0.1, -0.05) is 23.7 Å². The van der Waals surface area contributed by atoms with Gasteiger partial charge in [0.05, 0.1) is 17.2 Å². The largest absolute Gasteiger partial charge is 0.489 e. The summed E-state index contributed by atoms with van der Waals surface area (Å²) < 4.78 is 11.3. The summed E-state index contributed by atoms with van der Waals surface area (Å²) in [7, 11) is 0. The SMILES string of the molecule is CC(C)(C)OCCOc1c(Cl)cccc1CCN. The lowest BCUT2D eigenvalue weighted by molar-refractivity contribution is -0.0163. The van der Waals surface area contributed by atoms with Crippen LogP contribution in [0.3, 0.4) is 0 Å². The molecular weight excluding hydrogens is 250 g/mol. The molecule has 3 nitrogen and oxygen atoms in total. The van der Waals surface area contributed by atoms with Gasteiger partial charge in [0, 0.05) is 0 Å². The third-order valence-electron chi connectivity index (χ3n) is 2.33. The number of hydrogen-bond donors (Lipinski definition) is 1. The molecule has 1 aromatic rings. The van der Waals surface area contributed by atoms with Crippen LogP contribution in [0.1, 0.15) is 26.3 Å². The second-order valence-corrected chi connectivity index (χ2v) is 5.48. The van der Waals surface area contributed by atoms with E-state index < -0.39 is 0 Å². The summed E-state index contributed by atoms with van der Waals surface area (Å²) in [5.41, 5.74) is 6.46. The van der Waals surface area contributed by atoms with E-state index in [1.54, 1.807) is 0 Å². The summed E-state index contributed by atoms with van der Waals surface area (Å²) in [6.07, 6.45) is 0.760. The van der Waals surface area contributed by atoms with Gasteiger partial charge in [0.15, 0.2) is 0 Å². The molecule has 0 amide bonds. The van der Waals surface area contributed by atoms with Crippen LogP contribution in [0.15, 0.2) is 18.2 Å². The summed E-state index contributed by atoms with van der Waals surface area (Å²) in [4.78, 5) is 0. The fraction of sp³-hybridized carbons (Fsp3) is 0.571. The van der Waals surface area contributed by atoms with Crippen molar-refractivity contribution in [2.45, 2.75) is 32.8 Å². The summed E-state index contributed by atoms with van der Waals surface area (Å²) in [6.45, 7) is 7.65. The van der Waals surface area contributed by atoms with E-state index in [1.807, 2.05) is 39.0 Å². The molecular formula is C14H22ClNO2. The van der Waals surface area contributed by atoms with E-state index in [0.717, 1.165) is 17.7 Å². The molecule has 0 spiro atoms. The van der Waals surface area contributed by atoms with Crippen LogP contribution >= 0.6 is 11.6 Å². The predicted octanol–water partition coefficient (Wildman–Crippen LogP) is 3.04. The summed E-state index contributed by atoms with van der Waals surface area (Å²) in [5, 5.41) is 0.622. The molecule has 2 N–H and O–H groups in total. The van der Waals surface area contributed by atoms with Crippen LogP contribution in [0.25, 0.3) is 0 Å². The molecule has 102 valence electrons. The highest BCUT2D eigenvalue weighted by atomic mass is 35.5. The first-order valence-corrected chi connectivity index (χ1v) is 6.56. The van der Waals surface area contributed by atoms with Gasteiger partial charge in [-0.2, -0.15) is 0 Å². The van der Waals surface area contributed by atoms with E-state index in [2.05, 4.69) is 0 Å². The van der Waals surface area contributed by atoms with E-state index in [-0.39, 0.29) is 5.60 Å². The Bertz CT molecular complexity index is 375. The Morgan fingerprint density at radius 2 is 1.94 bits per heavy atom. The molecule has 0 unspecified atom stereocenters. The van der Waals surface area contributed by atoms with Gasteiger partial charge < -0.3 is 15.2 Å². The molecule has 0 aliphatic carbocycles. The fourth-order valence-corrected chi connectivity index (χ4v) is 1.81. The highest BCUT2D eigenvalue weighted by Gasteiger charge is 2.11. The van der Waals surface area contributed by atoms with Gasteiger partial charge in [0.2, 0.25) is 0 Å². The van der Waals surface area contributed by atoms with Crippen molar-refractivity contribution in [2.24, 2.45) is 5.73 Å². The first-order valence-electron chi connectivity index (χ1n) is 6.18. The third kappa shape index (κ3) is 5.25. The van der Waals surface area contributed by atoms with Gasteiger partial charge in [0.25, 0.3) is 0 Å². The Labute approximate surface area is 114 Å². The van der Waals surface area contributed by atoms with Crippen LogP contribution in [0, 0.1) is 0 Å². The molecule has 18 heavy (non-hydrogen) atoms. The van der Waals surface area contributed by atoms with E-state index in [9.17, 15) is 0 Å². The molecule has 0 saturated heterocycles. The van der Waals surface area contributed by atoms with Crippen molar-refractivity contribution < 1.29 is 9.47 Å². The average Bonchev–Trinajstić information content (AvgIpc) is 2.26. The van der Waals surface area contributed by atoms with E-state index in [4.69, 9.17) is 26.8 Å². The van der Waals surface area contributed by atoms with Gasteiger partial charge in [-0.15, -0.1) is 0 Å². The zero-order valence-corrected chi connectivity index (χ0v) is 12.1. The van der Waals surface area contributed by atoms with Gasteiger partial charge >= 0.3 is 0 Å². The van der Waals surface area contributed by atoms with Crippen LogP contribution in [0.5, 0.6) is 5.75 Å². The smallest absolute Gasteiger partial charge is 0.141 e. The van der Waals surface area contributed by atoms with Crippen molar-refractivity contribution in [1.82, 2.24) is 0 Å². The van der Waals surface area contributed by atoms with Crippen molar-refractivity contribution in [3.05, 3.63) is 28.8 Å². The number of hydrogen-bond acceptors (Lipinski definition) is 3. The molecule has 4 heteroatoms. The van der Waals surface area contributed by atoms with Crippen molar-refractivity contribution >= 4 is 11.6 Å². The fourth-order valence-electron chi connectivity index (χ4n) is 1.56. The van der Waals surface area contributed by atoms with Crippen LogP contribution in [-0.2, 0) is 11.2 Å². The van der Waals surface area contributed by atoms with Crippen molar-refractivity contribution in [3.8, 4) is 5.75 Å². The van der Waals surface area contributed by atoms with E-state index in [0.29, 0.717) is 24.8 Å². The van der Waals surface area contributed by atoms with E-state index >= 15 is 0 Å². The standard InChI is InChI=1S/C14H22ClNO2/c1-14(2,3)18-10-9-17-13-11(7-8-16)5-4-6-12(13)15/h4-6H,7-10,16H2,1-3H3. The summed E-state index contributed by atoms with van der Waals surface area (Å²) >= 11 is 6.13. The Morgan fingerprint density at radius 3 is 2.56 bits per heavy atom. The number of benzene rings is 1. The normalized spacial score (nSPS) is 11.6. The van der Waals surface area contributed by atoms with Crippen LogP contribution in [-0.4, -0.2) is 25.4 Å². The Hall–Kier alpha value is -0.770. The molecule has 0 heterocycles. The number of rotatable bonds is 6. The minimum Gasteiger partial charge on any atom is -0.489 e. The van der Waals surface area contributed by atoms with Crippen molar-refractivity contribution in [2.75, 3.05) is 19.8 Å². The van der Waals surface area contributed by atoms with Crippen molar-refractivity contribution in [1.29, 1.82) is 0 Å². The zero-order valence-electron chi connectivity index (χ0n) is 11.3. The maximum atomic E-state index is 6.13. The molecule has 0 aliphatic heterocycles. The van der Waals surface area contributed by atoms with Gasteiger partial charge in [-0.25, -0.2) is 0 Å². The zero-order chi connectivity index (χ0) is 13.6. The molecule has 0 aliphatic rings. The molecule has 0 atom stereocenters. The lowest BCUT2D eigenvalue weighted by Crippen LogP contribution is -2.22. The van der Waals surface area contributed by atoms with Crippen LogP contribution in [0.4, 0.5) is 0 Å². The molecule has 0 saturated carbocycles. The Morgan fingerprint density at radius 1 is 1.22 bits per heavy atom. The van der Waals surface area contributed by atoms with Gasteiger partial charge in [0.1, 0.15) is 12.4 Å². The maximum absolute atomic E-state index is 6.13. The minimum absolute atomic E-state index is 0.149. The molecule has 0 aromatic heterocycles. The van der Waals surface area contributed by atoms with Crippen LogP contribution < -0.4 is 10.5 Å². The van der Waals surface area contributed by atoms with Gasteiger partial charge in [-0.05, 0) is 45.4 Å². The topological polar surface area (TPSA) is 44.5 Å². The first kappa shape index (κ1) is 15.3. The number of ether oxygens (including phenoxy) is 2. The minimum atomic E-state index is -0.149. The molecule has 1 aromatic carbocycles. The Balaban J connectivity index is 2.55. The highest BCUT2D eigenvalue weighted by molar-refractivity contribution is 6.32. The number of nitrogens with two attached hydrogens (primary N) is 1. The second kappa shape index (κ2) is 6.98. The van der Waals surface area contributed by atoms with Crippen LogP contribution in [0.2, 0.25) is 5.02 Å². The summed E-state index contributed by atoms with van der Waals surface area (Å²) in [5.74, 6) is 0.724. The Kier molecular flexibility index (Phi) is 5.93. The molecule has 0 fully saturated rings. The average molecular weight is 272 g/mol. The van der Waals surface area contributed by atoms with Gasteiger partial charge in [-0.3, -0.25) is 0 Å². The molecule has 0 bridgehead atoms. The lowest BCUT2D eigenvalue weighted by Gasteiger charge is -2.20. The predicted molar refractivity (Wildman–Crippen MR) is 75.4 cm³/mol. The molecule has 0 radical (unpaired) electrons. The monoisotopic (exact) mass is 271 g/mol. The molecule has 1 rings (SSSR count).